The Kier molecular flexibility index (Phi) is 5.20. The lowest BCUT2D eigenvalue weighted by molar-refractivity contribution is 0.329. The van der Waals surface area contributed by atoms with Crippen LogP contribution in [0.3, 0.4) is 0 Å². The SMILES string of the molecule is COc1cc(F)ccc1OCC#Cc1cc(CC#N)cs1. The second kappa shape index (κ2) is 7.33. The van der Waals surface area contributed by atoms with E-state index < -0.39 is 0 Å². The maximum absolute atomic E-state index is 13.0. The smallest absolute Gasteiger partial charge is 0.163 e. The molecule has 2 rings (SSSR count). The number of hydrogen-bond acceptors (Lipinski definition) is 4. The number of hydrogen-bond donors (Lipinski definition) is 0. The van der Waals surface area contributed by atoms with Gasteiger partial charge in [-0.2, -0.15) is 5.26 Å². The summed E-state index contributed by atoms with van der Waals surface area (Å²) >= 11 is 1.49. The highest BCUT2D eigenvalue weighted by Gasteiger charge is 2.04. The summed E-state index contributed by atoms with van der Waals surface area (Å²) in [6.07, 6.45) is 0.390. The van der Waals surface area contributed by atoms with Crippen molar-refractivity contribution in [2.24, 2.45) is 0 Å². The average molecular weight is 301 g/mol. The lowest BCUT2D eigenvalue weighted by Crippen LogP contribution is -1.97. The molecule has 5 heteroatoms. The molecule has 0 saturated carbocycles. The van der Waals surface area contributed by atoms with Crippen molar-refractivity contribution in [1.82, 2.24) is 0 Å². The van der Waals surface area contributed by atoms with Gasteiger partial charge >= 0.3 is 0 Å². The monoisotopic (exact) mass is 301 g/mol. The molecule has 106 valence electrons. The molecule has 1 aromatic carbocycles. The Morgan fingerprint density at radius 2 is 2.14 bits per heavy atom. The third kappa shape index (κ3) is 4.24. The van der Waals surface area contributed by atoms with Crippen LogP contribution >= 0.6 is 11.3 Å². The molecular formula is C16H12FNO2S. The van der Waals surface area contributed by atoms with Crippen LogP contribution in [-0.4, -0.2) is 13.7 Å². The van der Waals surface area contributed by atoms with Crippen LogP contribution < -0.4 is 9.47 Å². The minimum absolute atomic E-state index is 0.174. The summed E-state index contributed by atoms with van der Waals surface area (Å²) in [6.45, 7) is 0.174. The molecule has 0 aliphatic heterocycles. The van der Waals surface area contributed by atoms with Crippen LogP contribution in [0.4, 0.5) is 4.39 Å². The number of thiophene rings is 1. The summed E-state index contributed by atoms with van der Waals surface area (Å²) in [5.41, 5.74) is 0.966. The highest BCUT2D eigenvalue weighted by Crippen LogP contribution is 2.27. The molecule has 0 aliphatic carbocycles. The third-order valence-electron chi connectivity index (χ3n) is 2.57. The molecule has 2 aromatic rings. The summed E-state index contributed by atoms with van der Waals surface area (Å²) in [5.74, 6) is 6.24. The summed E-state index contributed by atoms with van der Waals surface area (Å²) in [4.78, 5) is 0.884. The van der Waals surface area contributed by atoms with E-state index in [1.165, 1.54) is 36.6 Å². The maximum atomic E-state index is 13.0. The van der Waals surface area contributed by atoms with Gasteiger partial charge in [0.15, 0.2) is 11.5 Å². The molecule has 0 radical (unpaired) electrons. The van der Waals surface area contributed by atoms with E-state index in [1.807, 2.05) is 11.4 Å². The molecule has 0 aliphatic rings. The Labute approximate surface area is 126 Å². The molecule has 0 bridgehead atoms. The number of benzene rings is 1. The van der Waals surface area contributed by atoms with Crippen molar-refractivity contribution in [1.29, 1.82) is 5.26 Å². The van der Waals surface area contributed by atoms with Gasteiger partial charge in [-0.05, 0) is 29.1 Å². The molecule has 0 atom stereocenters. The van der Waals surface area contributed by atoms with Gasteiger partial charge in [0.25, 0.3) is 0 Å². The fourth-order valence-electron chi connectivity index (χ4n) is 1.62. The van der Waals surface area contributed by atoms with Crippen LogP contribution in [0.15, 0.2) is 29.6 Å². The number of methoxy groups -OCH3 is 1. The van der Waals surface area contributed by atoms with E-state index in [0.29, 0.717) is 17.9 Å². The average Bonchev–Trinajstić information content (AvgIpc) is 2.92. The highest BCUT2D eigenvalue weighted by atomic mass is 32.1. The zero-order valence-electron chi connectivity index (χ0n) is 11.4. The van der Waals surface area contributed by atoms with Crippen molar-refractivity contribution in [2.45, 2.75) is 6.42 Å². The van der Waals surface area contributed by atoms with Crippen molar-refractivity contribution in [3.05, 3.63) is 45.9 Å². The lowest BCUT2D eigenvalue weighted by atomic mass is 10.2. The van der Waals surface area contributed by atoms with Gasteiger partial charge in [-0.15, -0.1) is 11.3 Å². The van der Waals surface area contributed by atoms with Crippen LogP contribution in [0.2, 0.25) is 0 Å². The first-order chi connectivity index (χ1) is 10.2. The van der Waals surface area contributed by atoms with Gasteiger partial charge < -0.3 is 9.47 Å². The highest BCUT2D eigenvalue weighted by molar-refractivity contribution is 7.10. The predicted molar refractivity (Wildman–Crippen MR) is 79.0 cm³/mol. The van der Waals surface area contributed by atoms with Crippen LogP contribution in [0.25, 0.3) is 0 Å². The van der Waals surface area contributed by atoms with Gasteiger partial charge in [-0.25, -0.2) is 4.39 Å². The van der Waals surface area contributed by atoms with Crippen LogP contribution in [-0.2, 0) is 6.42 Å². The summed E-state index contributed by atoms with van der Waals surface area (Å²) in [7, 11) is 1.45. The zero-order chi connectivity index (χ0) is 15.1. The van der Waals surface area contributed by atoms with E-state index in [2.05, 4.69) is 17.9 Å². The predicted octanol–water partition coefficient (Wildman–Crippen LogP) is 3.39. The minimum atomic E-state index is -0.381. The van der Waals surface area contributed by atoms with E-state index in [1.54, 1.807) is 0 Å². The van der Waals surface area contributed by atoms with E-state index in [-0.39, 0.29) is 12.4 Å². The number of nitriles is 1. The van der Waals surface area contributed by atoms with Gasteiger partial charge in [0.2, 0.25) is 0 Å². The molecule has 0 amide bonds. The van der Waals surface area contributed by atoms with E-state index in [4.69, 9.17) is 14.7 Å². The van der Waals surface area contributed by atoms with Crippen molar-refractivity contribution in [3.63, 3.8) is 0 Å². The Hall–Kier alpha value is -2.50. The van der Waals surface area contributed by atoms with Crippen LogP contribution in [0.1, 0.15) is 10.4 Å². The Bertz CT molecular complexity index is 722. The number of ether oxygens (including phenoxy) is 2. The van der Waals surface area contributed by atoms with Gasteiger partial charge in [0, 0.05) is 6.07 Å². The Morgan fingerprint density at radius 1 is 1.29 bits per heavy atom. The van der Waals surface area contributed by atoms with E-state index >= 15 is 0 Å². The molecule has 21 heavy (non-hydrogen) atoms. The summed E-state index contributed by atoms with van der Waals surface area (Å²) < 4.78 is 23.5. The lowest BCUT2D eigenvalue weighted by Gasteiger charge is -2.07. The Balaban J connectivity index is 1.95. The van der Waals surface area contributed by atoms with Crippen LogP contribution in [0.5, 0.6) is 11.5 Å². The first kappa shape index (κ1) is 14.9. The molecule has 0 fully saturated rings. The Morgan fingerprint density at radius 3 is 2.90 bits per heavy atom. The standard InChI is InChI=1S/C16H12FNO2S/c1-19-16-10-13(17)4-5-15(16)20-8-2-3-14-9-12(6-7-18)11-21-14/h4-5,9-11H,6,8H2,1H3. The van der Waals surface area contributed by atoms with Gasteiger partial charge in [0.05, 0.1) is 24.5 Å². The zero-order valence-corrected chi connectivity index (χ0v) is 12.2. The fraction of sp³-hybridized carbons (Fsp3) is 0.188. The summed E-state index contributed by atoms with van der Waals surface area (Å²) in [6, 6.07) is 8.05. The molecule has 0 spiro atoms. The second-order valence-electron chi connectivity index (χ2n) is 4.04. The molecule has 0 unspecified atom stereocenters. The molecule has 1 heterocycles. The minimum Gasteiger partial charge on any atom is -0.493 e. The van der Waals surface area contributed by atoms with Gasteiger partial charge in [-0.1, -0.05) is 11.8 Å². The van der Waals surface area contributed by atoms with Crippen molar-refractivity contribution >= 4 is 11.3 Å². The fourth-order valence-corrected chi connectivity index (χ4v) is 2.40. The van der Waals surface area contributed by atoms with Crippen LogP contribution in [0, 0.1) is 29.0 Å². The van der Waals surface area contributed by atoms with Gasteiger partial charge in [-0.3, -0.25) is 0 Å². The summed E-state index contributed by atoms with van der Waals surface area (Å²) in [5, 5.41) is 10.5. The first-order valence-electron chi connectivity index (χ1n) is 6.12. The quantitative estimate of drug-likeness (QED) is 0.813. The molecule has 0 N–H and O–H groups in total. The second-order valence-corrected chi connectivity index (χ2v) is 4.95. The first-order valence-corrected chi connectivity index (χ1v) is 7.00. The van der Waals surface area contributed by atoms with Crippen molar-refractivity contribution in [2.75, 3.05) is 13.7 Å². The van der Waals surface area contributed by atoms with Crippen molar-refractivity contribution in [3.8, 4) is 29.4 Å². The maximum Gasteiger partial charge on any atom is 0.163 e. The molecule has 3 nitrogen and oxygen atoms in total. The molecular weight excluding hydrogens is 289 g/mol. The molecule has 1 aromatic heterocycles. The van der Waals surface area contributed by atoms with E-state index in [0.717, 1.165) is 10.4 Å². The third-order valence-corrected chi connectivity index (χ3v) is 3.47. The normalized spacial score (nSPS) is 9.38. The largest absolute Gasteiger partial charge is 0.493 e. The van der Waals surface area contributed by atoms with Gasteiger partial charge in [0.1, 0.15) is 12.4 Å². The van der Waals surface area contributed by atoms with E-state index in [9.17, 15) is 4.39 Å². The number of rotatable bonds is 4. The molecule has 0 saturated heterocycles. The number of nitrogens with zero attached hydrogens (tertiary/aromatic N) is 1. The number of halogens is 1. The van der Waals surface area contributed by atoms with Crippen molar-refractivity contribution < 1.29 is 13.9 Å². The topological polar surface area (TPSA) is 42.2 Å².